The molecular weight excluding hydrogens is 311 g/mol. The van der Waals surface area contributed by atoms with Crippen LogP contribution in [0.1, 0.15) is 37.0 Å². The van der Waals surface area contributed by atoms with Crippen molar-refractivity contribution in [3.8, 4) is 11.1 Å². The summed E-state index contributed by atoms with van der Waals surface area (Å²) >= 11 is 0. The average molecular weight is 333 g/mol. The minimum absolute atomic E-state index is 0.110. The molecule has 0 aliphatic carbocycles. The Hall–Kier alpha value is -1.81. The number of fused-ring (bicyclic) bond motifs is 1. The van der Waals surface area contributed by atoms with Crippen molar-refractivity contribution in [2.24, 2.45) is 0 Å². The summed E-state index contributed by atoms with van der Waals surface area (Å²) in [5, 5.41) is 0. The van der Waals surface area contributed by atoms with Crippen LogP contribution >= 0.6 is 0 Å². The van der Waals surface area contributed by atoms with Crippen LogP contribution in [-0.4, -0.2) is 18.5 Å². The van der Waals surface area contributed by atoms with Crippen LogP contribution in [0.4, 0.5) is 13.2 Å². The average Bonchev–Trinajstić information content (AvgIpc) is 2.63. The van der Waals surface area contributed by atoms with Crippen molar-refractivity contribution in [2.45, 2.75) is 38.4 Å². The summed E-state index contributed by atoms with van der Waals surface area (Å²) < 4.78 is 38.1. The Morgan fingerprint density at radius 2 is 1.58 bits per heavy atom. The van der Waals surface area contributed by atoms with Crippen LogP contribution in [0.25, 0.3) is 11.1 Å². The van der Waals surface area contributed by atoms with E-state index in [2.05, 4.69) is 37.9 Å². The van der Waals surface area contributed by atoms with Crippen molar-refractivity contribution < 1.29 is 13.2 Å². The molecular formula is C20H22F3N. The molecule has 0 aromatic heterocycles. The number of benzene rings is 2. The summed E-state index contributed by atoms with van der Waals surface area (Å²) in [5.41, 5.74) is 3.88. The van der Waals surface area contributed by atoms with Gasteiger partial charge >= 0.3 is 6.18 Å². The molecule has 24 heavy (non-hydrogen) atoms. The molecule has 0 fully saturated rings. The molecule has 4 heteroatoms. The summed E-state index contributed by atoms with van der Waals surface area (Å²) in [5.74, 6) is 0. The number of nitrogens with zero attached hydrogens (tertiary/aromatic N) is 1. The Bertz CT molecular complexity index is 730. The monoisotopic (exact) mass is 333 g/mol. The fraction of sp³-hybridized carbons (Fsp3) is 0.400. The first-order valence-electron chi connectivity index (χ1n) is 8.16. The van der Waals surface area contributed by atoms with Crippen molar-refractivity contribution in [1.82, 2.24) is 4.90 Å². The summed E-state index contributed by atoms with van der Waals surface area (Å²) in [6.45, 7) is 6.41. The lowest BCUT2D eigenvalue weighted by atomic mass is 9.79. The minimum Gasteiger partial charge on any atom is -0.302 e. The van der Waals surface area contributed by atoms with E-state index in [-0.39, 0.29) is 5.41 Å². The first-order valence-corrected chi connectivity index (χ1v) is 8.16. The van der Waals surface area contributed by atoms with E-state index < -0.39 is 11.7 Å². The largest absolute Gasteiger partial charge is 0.416 e. The molecule has 0 saturated carbocycles. The number of hydrogen-bond acceptors (Lipinski definition) is 1. The van der Waals surface area contributed by atoms with Gasteiger partial charge in [0, 0.05) is 6.54 Å². The van der Waals surface area contributed by atoms with Crippen LogP contribution < -0.4 is 0 Å². The SMILES string of the molecule is CN1CCC(C)(C)c2ccc(-c3ccc(C(F)(F)F)cc3)cc2C1. The fourth-order valence-electron chi connectivity index (χ4n) is 3.39. The molecule has 0 radical (unpaired) electrons. The van der Waals surface area contributed by atoms with Gasteiger partial charge in [-0.3, -0.25) is 0 Å². The Balaban J connectivity index is 1.99. The molecule has 1 nitrogen and oxygen atoms in total. The lowest BCUT2D eigenvalue weighted by Crippen LogP contribution is -2.21. The molecule has 1 aliphatic heterocycles. The Morgan fingerprint density at radius 3 is 2.21 bits per heavy atom. The molecule has 0 amide bonds. The second-order valence-electron chi connectivity index (χ2n) is 7.32. The number of alkyl halides is 3. The van der Waals surface area contributed by atoms with Crippen molar-refractivity contribution >= 4 is 0 Å². The zero-order valence-corrected chi connectivity index (χ0v) is 14.2. The van der Waals surface area contributed by atoms with Gasteiger partial charge in [-0.2, -0.15) is 13.2 Å². The fourth-order valence-corrected chi connectivity index (χ4v) is 3.39. The van der Waals surface area contributed by atoms with Gasteiger partial charge in [-0.25, -0.2) is 0 Å². The van der Waals surface area contributed by atoms with E-state index >= 15 is 0 Å². The van der Waals surface area contributed by atoms with Gasteiger partial charge in [-0.1, -0.05) is 38.1 Å². The van der Waals surface area contributed by atoms with E-state index in [0.717, 1.165) is 42.8 Å². The van der Waals surface area contributed by atoms with Crippen LogP contribution in [0, 0.1) is 0 Å². The summed E-state index contributed by atoms with van der Waals surface area (Å²) in [6.07, 6.45) is -3.20. The number of hydrogen-bond donors (Lipinski definition) is 0. The van der Waals surface area contributed by atoms with Crippen LogP contribution in [-0.2, 0) is 18.1 Å². The molecule has 2 aromatic carbocycles. The van der Waals surface area contributed by atoms with Gasteiger partial charge in [0.15, 0.2) is 0 Å². The highest BCUT2D eigenvalue weighted by Crippen LogP contribution is 2.36. The van der Waals surface area contributed by atoms with Gasteiger partial charge in [0.05, 0.1) is 5.56 Å². The lowest BCUT2D eigenvalue weighted by Gasteiger charge is -2.25. The molecule has 0 spiro atoms. The van der Waals surface area contributed by atoms with E-state index in [4.69, 9.17) is 0 Å². The van der Waals surface area contributed by atoms with Crippen LogP contribution in [0.3, 0.4) is 0 Å². The Labute approximate surface area is 141 Å². The molecule has 0 unspecified atom stereocenters. The zero-order valence-electron chi connectivity index (χ0n) is 14.2. The van der Waals surface area contributed by atoms with Crippen LogP contribution in [0.5, 0.6) is 0 Å². The van der Waals surface area contributed by atoms with Crippen molar-refractivity contribution in [1.29, 1.82) is 0 Å². The maximum Gasteiger partial charge on any atom is 0.416 e. The molecule has 3 rings (SSSR count). The highest BCUT2D eigenvalue weighted by atomic mass is 19.4. The standard InChI is InChI=1S/C20H22F3N/c1-19(2)10-11-24(3)13-16-12-15(6-9-18(16)19)14-4-7-17(8-5-14)20(21,22)23/h4-9,12H,10-11,13H2,1-3H3. The smallest absolute Gasteiger partial charge is 0.302 e. The molecule has 0 saturated heterocycles. The minimum atomic E-state index is -4.29. The Kier molecular flexibility index (Phi) is 4.20. The highest BCUT2D eigenvalue weighted by molar-refractivity contribution is 5.66. The van der Waals surface area contributed by atoms with E-state index in [1.54, 1.807) is 12.1 Å². The summed E-state index contributed by atoms with van der Waals surface area (Å²) in [6, 6.07) is 11.7. The molecule has 2 aromatic rings. The molecule has 1 heterocycles. The molecule has 1 aliphatic rings. The third-order valence-electron chi connectivity index (χ3n) is 4.94. The first-order chi connectivity index (χ1) is 11.2. The molecule has 128 valence electrons. The quantitative estimate of drug-likeness (QED) is 0.667. The third kappa shape index (κ3) is 3.34. The van der Waals surface area contributed by atoms with Gasteiger partial charge in [0.25, 0.3) is 0 Å². The summed E-state index contributed by atoms with van der Waals surface area (Å²) in [4.78, 5) is 2.30. The van der Waals surface area contributed by atoms with E-state index in [1.165, 1.54) is 11.1 Å². The van der Waals surface area contributed by atoms with Gasteiger partial charge in [-0.15, -0.1) is 0 Å². The van der Waals surface area contributed by atoms with Crippen LogP contribution in [0.2, 0.25) is 0 Å². The lowest BCUT2D eigenvalue weighted by molar-refractivity contribution is -0.137. The molecule has 0 atom stereocenters. The van der Waals surface area contributed by atoms with Gasteiger partial charge in [-0.05, 0) is 65.9 Å². The second kappa shape index (κ2) is 5.92. The predicted octanol–water partition coefficient (Wildman–Crippen LogP) is 5.49. The van der Waals surface area contributed by atoms with Gasteiger partial charge in [0.1, 0.15) is 0 Å². The maximum absolute atomic E-state index is 12.7. The van der Waals surface area contributed by atoms with E-state index in [9.17, 15) is 13.2 Å². The van der Waals surface area contributed by atoms with Crippen LogP contribution in [0.15, 0.2) is 42.5 Å². The van der Waals surface area contributed by atoms with Gasteiger partial charge < -0.3 is 4.90 Å². The highest BCUT2D eigenvalue weighted by Gasteiger charge is 2.30. The third-order valence-corrected chi connectivity index (χ3v) is 4.94. The zero-order chi connectivity index (χ0) is 17.5. The normalized spacial score (nSPS) is 18.1. The van der Waals surface area contributed by atoms with Gasteiger partial charge in [0.2, 0.25) is 0 Å². The van der Waals surface area contributed by atoms with Crippen molar-refractivity contribution in [2.75, 3.05) is 13.6 Å². The number of rotatable bonds is 1. The second-order valence-corrected chi connectivity index (χ2v) is 7.32. The Morgan fingerprint density at radius 1 is 0.958 bits per heavy atom. The molecule has 0 bridgehead atoms. The predicted molar refractivity (Wildman–Crippen MR) is 90.9 cm³/mol. The van der Waals surface area contributed by atoms with E-state index in [1.807, 2.05) is 6.07 Å². The van der Waals surface area contributed by atoms with E-state index in [0.29, 0.717) is 0 Å². The van der Waals surface area contributed by atoms with Crippen molar-refractivity contribution in [3.05, 3.63) is 59.2 Å². The first kappa shape index (κ1) is 17.0. The summed E-state index contributed by atoms with van der Waals surface area (Å²) in [7, 11) is 2.11. The topological polar surface area (TPSA) is 3.24 Å². The molecule has 0 N–H and O–H groups in total. The number of halogens is 3. The maximum atomic E-state index is 12.7. The van der Waals surface area contributed by atoms with Crippen molar-refractivity contribution in [3.63, 3.8) is 0 Å².